The Labute approximate surface area is 172 Å². The molecule has 1 aromatic heterocycles. The third-order valence-corrected chi connectivity index (χ3v) is 5.20. The molecule has 0 aliphatic heterocycles. The number of aromatic nitrogens is 1. The number of nitrogens with zero attached hydrogens (tertiary/aromatic N) is 1. The van der Waals surface area contributed by atoms with E-state index in [1.54, 1.807) is 12.1 Å². The minimum atomic E-state index is -0.943. The van der Waals surface area contributed by atoms with E-state index in [1.807, 2.05) is 37.3 Å². The van der Waals surface area contributed by atoms with Crippen LogP contribution in [-0.4, -0.2) is 29.5 Å². The third kappa shape index (κ3) is 5.48. The molecule has 0 spiro atoms. The summed E-state index contributed by atoms with van der Waals surface area (Å²) < 4.78 is 18.3. The highest BCUT2D eigenvalue weighted by molar-refractivity contribution is 7.14. The fourth-order valence-corrected chi connectivity index (χ4v) is 3.57. The summed E-state index contributed by atoms with van der Waals surface area (Å²) >= 11 is 1.24. The van der Waals surface area contributed by atoms with Gasteiger partial charge >= 0.3 is 5.97 Å². The van der Waals surface area contributed by atoms with Gasteiger partial charge in [0.1, 0.15) is 10.7 Å². The molecule has 29 heavy (non-hydrogen) atoms. The van der Waals surface area contributed by atoms with E-state index < -0.39 is 12.1 Å². The fourth-order valence-electron chi connectivity index (χ4n) is 2.75. The van der Waals surface area contributed by atoms with Crippen LogP contribution in [0.15, 0.2) is 54.6 Å². The Morgan fingerprint density at radius 1 is 1.14 bits per heavy atom. The average molecular weight is 412 g/mol. The molecule has 0 bridgehead atoms. The molecule has 1 N–H and O–H groups in total. The average Bonchev–Trinajstić information content (AvgIpc) is 3.12. The van der Waals surface area contributed by atoms with Crippen molar-refractivity contribution >= 4 is 23.2 Å². The van der Waals surface area contributed by atoms with Crippen molar-refractivity contribution in [2.24, 2.45) is 0 Å². The molecule has 3 rings (SSSR count). The monoisotopic (exact) mass is 412 g/mol. The first-order valence-corrected chi connectivity index (χ1v) is 10.0. The van der Waals surface area contributed by atoms with Crippen molar-refractivity contribution in [3.63, 3.8) is 0 Å². The van der Waals surface area contributed by atoms with Crippen LogP contribution < -0.4 is 5.32 Å². The van der Waals surface area contributed by atoms with Gasteiger partial charge in [0.2, 0.25) is 0 Å². The van der Waals surface area contributed by atoms with Gasteiger partial charge < -0.3 is 10.1 Å². The first-order valence-electron chi connectivity index (χ1n) is 9.20. The predicted molar refractivity (Wildman–Crippen MR) is 110 cm³/mol. The van der Waals surface area contributed by atoms with Crippen molar-refractivity contribution < 1.29 is 18.7 Å². The fraction of sp³-hybridized carbons (Fsp3) is 0.227. The Morgan fingerprint density at radius 3 is 2.52 bits per heavy atom. The van der Waals surface area contributed by atoms with E-state index >= 15 is 0 Å². The lowest BCUT2D eigenvalue weighted by Crippen LogP contribution is -2.36. The van der Waals surface area contributed by atoms with Crippen LogP contribution in [0.2, 0.25) is 0 Å². The zero-order valence-electron chi connectivity index (χ0n) is 16.1. The smallest absolute Gasteiger partial charge is 0.351 e. The van der Waals surface area contributed by atoms with Crippen LogP contribution in [-0.2, 0) is 16.0 Å². The van der Waals surface area contributed by atoms with Gasteiger partial charge in [-0.15, -0.1) is 11.3 Å². The molecule has 0 saturated heterocycles. The van der Waals surface area contributed by atoms with Crippen LogP contribution in [0.4, 0.5) is 4.39 Å². The first-order chi connectivity index (χ1) is 13.9. The molecule has 0 fully saturated rings. The molecular weight excluding hydrogens is 391 g/mol. The number of rotatable bonds is 7. The second-order valence-electron chi connectivity index (χ2n) is 6.49. The number of carbonyl (C=O) groups is 2. The van der Waals surface area contributed by atoms with E-state index in [2.05, 4.69) is 10.3 Å². The number of halogens is 1. The minimum absolute atomic E-state index is 0.300. The second kappa shape index (κ2) is 9.43. The maximum Gasteiger partial charge on any atom is 0.351 e. The largest absolute Gasteiger partial charge is 0.448 e. The summed E-state index contributed by atoms with van der Waals surface area (Å²) in [4.78, 5) is 29.7. The number of carbonyl (C=O) groups excluding carboxylic acids is 2. The van der Waals surface area contributed by atoms with Gasteiger partial charge in [-0.25, -0.2) is 14.2 Å². The maximum atomic E-state index is 12.9. The summed E-state index contributed by atoms with van der Waals surface area (Å²) in [7, 11) is 0. The highest BCUT2D eigenvalue weighted by Crippen LogP contribution is 2.28. The first kappa shape index (κ1) is 20.7. The molecule has 0 radical (unpaired) electrons. The lowest BCUT2D eigenvalue weighted by atomic mass is 10.1. The van der Waals surface area contributed by atoms with Gasteiger partial charge in [0.15, 0.2) is 6.10 Å². The summed E-state index contributed by atoms with van der Waals surface area (Å²) in [6.45, 7) is 3.71. The molecule has 7 heteroatoms. The van der Waals surface area contributed by atoms with Crippen molar-refractivity contribution in [1.29, 1.82) is 0 Å². The SMILES string of the molecule is Cc1nc(-c2ccccc2)c(C(=O)O[C@@H](C)C(=O)NCCc2ccc(F)cc2)s1. The summed E-state index contributed by atoms with van der Waals surface area (Å²) in [6.07, 6.45) is -0.388. The summed E-state index contributed by atoms with van der Waals surface area (Å²) in [5, 5.41) is 3.47. The Kier molecular flexibility index (Phi) is 6.72. The number of nitrogens with one attached hydrogen (secondary N) is 1. The van der Waals surface area contributed by atoms with E-state index in [-0.39, 0.29) is 11.7 Å². The van der Waals surface area contributed by atoms with Gasteiger partial charge in [-0.2, -0.15) is 0 Å². The van der Waals surface area contributed by atoms with Gasteiger partial charge in [0, 0.05) is 12.1 Å². The zero-order chi connectivity index (χ0) is 20.8. The van der Waals surface area contributed by atoms with Crippen LogP contribution >= 0.6 is 11.3 Å². The van der Waals surface area contributed by atoms with Gasteiger partial charge in [0.25, 0.3) is 5.91 Å². The summed E-state index contributed by atoms with van der Waals surface area (Å²) in [5.41, 5.74) is 2.28. The van der Waals surface area contributed by atoms with Crippen molar-refractivity contribution in [1.82, 2.24) is 10.3 Å². The quantitative estimate of drug-likeness (QED) is 0.592. The Morgan fingerprint density at radius 2 is 1.83 bits per heavy atom. The van der Waals surface area contributed by atoms with Crippen molar-refractivity contribution in [3.05, 3.63) is 75.9 Å². The lowest BCUT2D eigenvalue weighted by Gasteiger charge is -2.13. The van der Waals surface area contributed by atoms with Crippen molar-refractivity contribution in [2.75, 3.05) is 6.54 Å². The minimum Gasteiger partial charge on any atom is -0.448 e. The molecular formula is C22H21FN2O3S. The molecule has 1 atom stereocenters. The summed E-state index contributed by atoms with van der Waals surface area (Å²) in [5.74, 6) is -1.26. The maximum absolute atomic E-state index is 12.9. The topological polar surface area (TPSA) is 68.3 Å². The molecule has 0 unspecified atom stereocenters. The Hall–Kier alpha value is -3.06. The molecule has 0 aliphatic carbocycles. The number of hydrogen-bond acceptors (Lipinski definition) is 5. The predicted octanol–water partition coefficient (Wildman–Crippen LogP) is 4.16. The van der Waals surface area contributed by atoms with Crippen LogP contribution in [0.1, 0.15) is 27.2 Å². The number of hydrogen-bond donors (Lipinski definition) is 1. The molecule has 1 heterocycles. The van der Waals surface area contributed by atoms with Gasteiger partial charge in [0.05, 0.1) is 10.7 Å². The number of esters is 1. The van der Waals surface area contributed by atoms with Crippen LogP contribution in [0.5, 0.6) is 0 Å². The number of thiazole rings is 1. The van der Waals surface area contributed by atoms with E-state index in [1.165, 1.54) is 30.4 Å². The number of aryl methyl sites for hydroxylation is 1. The second-order valence-corrected chi connectivity index (χ2v) is 7.69. The summed E-state index contributed by atoms with van der Waals surface area (Å²) in [6, 6.07) is 15.5. The third-order valence-electron chi connectivity index (χ3n) is 4.25. The molecule has 3 aromatic rings. The van der Waals surface area contributed by atoms with Gasteiger partial charge in [-0.05, 0) is 38.0 Å². The standard InChI is InChI=1S/C22H21FN2O3S/c1-14(21(26)24-13-12-16-8-10-18(23)11-9-16)28-22(27)20-19(25-15(2)29-20)17-6-4-3-5-7-17/h3-11,14H,12-13H2,1-2H3,(H,24,26)/t14-/m0/s1. The normalized spacial score (nSPS) is 11.7. The molecule has 2 aromatic carbocycles. The van der Waals surface area contributed by atoms with E-state index in [0.717, 1.165) is 16.1 Å². The Balaban J connectivity index is 1.57. The number of ether oxygens (including phenoxy) is 1. The van der Waals surface area contributed by atoms with Crippen LogP contribution in [0.3, 0.4) is 0 Å². The molecule has 1 amide bonds. The Bertz CT molecular complexity index is 987. The molecule has 0 aliphatic rings. The van der Waals surface area contributed by atoms with Gasteiger partial charge in [-0.3, -0.25) is 4.79 Å². The highest BCUT2D eigenvalue weighted by atomic mass is 32.1. The van der Waals surface area contributed by atoms with E-state index in [9.17, 15) is 14.0 Å². The highest BCUT2D eigenvalue weighted by Gasteiger charge is 2.24. The molecule has 150 valence electrons. The lowest BCUT2D eigenvalue weighted by molar-refractivity contribution is -0.129. The van der Waals surface area contributed by atoms with Crippen molar-refractivity contribution in [3.8, 4) is 11.3 Å². The van der Waals surface area contributed by atoms with E-state index in [0.29, 0.717) is 23.5 Å². The van der Waals surface area contributed by atoms with Crippen LogP contribution in [0, 0.1) is 12.7 Å². The van der Waals surface area contributed by atoms with Crippen molar-refractivity contribution in [2.45, 2.75) is 26.4 Å². The molecule has 0 saturated carbocycles. The number of amides is 1. The molecule has 5 nitrogen and oxygen atoms in total. The van der Waals surface area contributed by atoms with Crippen LogP contribution in [0.25, 0.3) is 11.3 Å². The van der Waals surface area contributed by atoms with E-state index in [4.69, 9.17) is 4.74 Å². The number of benzene rings is 2. The van der Waals surface area contributed by atoms with Gasteiger partial charge in [-0.1, -0.05) is 42.5 Å². The zero-order valence-corrected chi connectivity index (χ0v) is 17.0.